The molecular weight excluding hydrogens is 254 g/mol. The number of benzene rings is 1. The van der Waals surface area contributed by atoms with Crippen molar-refractivity contribution in [3.63, 3.8) is 0 Å². The second-order valence-electron chi connectivity index (χ2n) is 4.51. The third kappa shape index (κ3) is 2.71. The predicted molar refractivity (Wildman–Crippen MR) is 76.2 cm³/mol. The number of furan rings is 1. The molecule has 20 heavy (non-hydrogen) atoms. The molecule has 1 amide bonds. The summed E-state index contributed by atoms with van der Waals surface area (Å²) >= 11 is 0. The first-order chi connectivity index (χ1) is 9.83. The third-order valence-electron chi connectivity index (χ3n) is 3.07. The fourth-order valence-corrected chi connectivity index (χ4v) is 2.07. The van der Waals surface area contributed by atoms with Crippen molar-refractivity contribution in [2.24, 2.45) is 4.99 Å². The van der Waals surface area contributed by atoms with Crippen molar-refractivity contribution < 1.29 is 9.21 Å². The zero-order chi connectivity index (χ0) is 13.8. The van der Waals surface area contributed by atoms with E-state index in [4.69, 9.17) is 4.42 Å². The van der Waals surface area contributed by atoms with Gasteiger partial charge in [-0.25, -0.2) is 0 Å². The van der Waals surface area contributed by atoms with Gasteiger partial charge in [0.2, 0.25) is 11.9 Å². The maximum absolute atomic E-state index is 12.1. The van der Waals surface area contributed by atoms with Crippen LogP contribution in [0.5, 0.6) is 0 Å². The second-order valence-corrected chi connectivity index (χ2v) is 4.51. The Kier molecular flexibility index (Phi) is 3.50. The van der Waals surface area contributed by atoms with Gasteiger partial charge in [0.25, 0.3) is 0 Å². The van der Waals surface area contributed by atoms with Crippen molar-refractivity contribution in [3.05, 3.63) is 54.5 Å². The average molecular weight is 269 g/mol. The standard InChI is InChI=1S/C15H15N3O2/c19-14-8-9-16-15(17-12-5-2-1-3-6-12)18(14)11-13-7-4-10-20-13/h1-7,10H,8-9,11H2,(H,16,17). The summed E-state index contributed by atoms with van der Waals surface area (Å²) in [6, 6.07) is 13.3. The third-order valence-corrected chi connectivity index (χ3v) is 3.07. The number of guanidine groups is 1. The Balaban J connectivity index is 1.79. The molecule has 0 saturated carbocycles. The Morgan fingerprint density at radius 2 is 2.05 bits per heavy atom. The molecule has 0 aliphatic carbocycles. The van der Waals surface area contributed by atoms with Gasteiger partial charge in [-0.15, -0.1) is 0 Å². The number of carbonyl (C=O) groups is 1. The minimum atomic E-state index is 0.0508. The molecule has 3 rings (SSSR count). The van der Waals surface area contributed by atoms with Crippen LogP contribution in [-0.2, 0) is 11.3 Å². The molecule has 1 aliphatic heterocycles. The highest BCUT2D eigenvalue weighted by molar-refractivity contribution is 6.05. The van der Waals surface area contributed by atoms with Gasteiger partial charge in [0, 0.05) is 12.1 Å². The number of amides is 1. The molecule has 5 heteroatoms. The van der Waals surface area contributed by atoms with Gasteiger partial charge >= 0.3 is 0 Å². The molecule has 102 valence electrons. The number of para-hydroxylation sites is 1. The van der Waals surface area contributed by atoms with E-state index in [0.29, 0.717) is 25.5 Å². The van der Waals surface area contributed by atoms with Gasteiger partial charge in [0.15, 0.2) is 0 Å². The summed E-state index contributed by atoms with van der Waals surface area (Å²) in [5, 5.41) is 3.19. The van der Waals surface area contributed by atoms with E-state index >= 15 is 0 Å². The van der Waals surface area contributed by atoms with Crippen LogP contribution in [0.25, 0.3) is 0 Å². The highest BCUT2D eigenvalue weighted by Crippen LogP contribution is 2.14. The SMILES string of the molecule is O=C1CCN=C(Nc2ccccc2)N1Cc1ccco1. The zero-order valence-electron chi connectivity index (χ0n) is 11.0. The van der Waals surface area contributed by atoms with Crippen molar-refractivity contribution in [1.29, 1.82) is 0 Å². The van der Waals surface area contributed by atoms with Crippen LogP contribution in [-0.4, -0.2) is 23.3 Å². The van der Waals surface area contributed by atoms with Crippen molar-refractivity contribution >= 4 is 17.6 Å². The normalized spacial score (nSPS) is 15.1. The highest BCUT2D eigenvalue weighted by Gasteiger charge is 2.24. The Bertz CT molecular complexity index is 605. The first-order valence-corrected chi connectivity index (χ1v) is 6.52. The molecule has 1 aliphatic rings. The van der Waals surface area contributed by atoms with E-state index in [1.807, 2.05) is 42.5 Å². The van der Waals surface area contributed by atoms with Crippen molar-refractivity contribution in [1.82, 2.24) is 4.90 Å². The zero-order valence-corrected chi connectivity index (χ0v) is 11.0. The minimum absolute atomic E-state index is 0.0508. The molecule has 2 heterocycles. The summed E-state index contributed by atoms with van der Waals surface area (Å²) in [4.78, 5) is 18.1. The van der Waals surface area contributed by atoms with Crippen LogP contribution in [0.2, 0.25) is 0 Å². The molecule has 1 N–H and O–H groups in total. The number of anilines is 1. The molecule has 1 aromatic heterocycles. The van der Waals surface area contributed by atoms with E-state index < -0.39 is 0 Å². The van der Waals surface area contributed by atoms with Gasteiger partial charge in [-0.2, -0.15) is 0 Å². The Hall–Kier alpha value is -2.56. The molecule has 0 bridgehead atoms. The fraction of sp³-hybridized carbons (Fsp3) is 0.200. The van der Waals surface area contributed by atoms with Crippen LogP contribution in [0.4, 0.5) is 5.69 Å². The van der Waals surface area contributed by atoms with Gasteiger partial charge in [-0.05, 0) is 24.3 Å². The van der Waals surface area contributed by atoms with Gasteiger partial charge < -0.3 is 9.73 Å². The van der Waals surface area contributed by atoms with E-state index in [0.717, 1.165) is 11.4 Å². The number of carbonyl (C=O) groups excluding carboxylic acids is 1. The number of rotatable bonds is 3. The fourth-order valence-electron chi connectivity index (χ4n) is 2.07. The lowest BCUT2D eigenvalue weighted by molar-refractivity contribution is -0.128. The quantitative estimate of drug-likeness (QED) is 0.931. The van der Waals surface area contributed by atoms with Crippen LogP contribution in [0.1, 0.15) is 12.2 Å². The maximum Gasteiger partial charge on any atom is 0.231 e. The van der Waals surface area contributed by atoms with Gasteiger partial charge in [-0.1, -0.05) is 18.2 Å². The van der Waals surface area contributed by atoms with Crippen molar-refractivity contribution in [2.45, 2.75) is 13.0 Å². The van der Waals surface area contributed by atoms with Crippen LogP contribution in [0.3, 0.4) is 0 Å². The van der Waals surface area contributed by atoms with E-state index in [2.05, 4.69) is 10.3 Å². The number of nitrogens with one attached hydrogen (secondary N) is 1. The molecule has 0 spiro atoms. The largest absolute Gasteiger partial charge is 0.467 e. The summed E-state index contributed by atoms with van der Waals surface area (Å²) in [5.74, 6) is 1.36. The predicted octanol–water partition coefficient (Wildman–Crippen LogP) is 2.48. The summed E-state index contributed by atoms with van der Waals surface area (Å²) in [6.45, 7) is 0.910. The summed E-state index contributed by atoms with van der Waals surface area (Å²) in [6.07, 6.45) is 2.03. The molecule has 1 aromatic carbocycles. The van der Waals surface area contributed by atoms with Crippen molar-refractivity contribution in [3.8, 4) is 0 Å². The minimum Gasteiger partial charge on any atom is -0.467 e. The van der Waals surface area contributed by atoms with Crippen LogP contribution >= 0.6 is 0 Å². The highest BCUT2D eigenvalue weighted by atomic mass is 16.3. The lowest BCUT2D eigenvalue weighted by Gasteiger charge is -2.27. The smallest absolute Gasteiger partial charge is 0.231 e. The number of hydrogen-bond acceptors (Lipinski definition) is 4. The summed E-state index contributed by atoms with van der Waals surface area (Å²) in [7, 11) is 0. The number of aliphatic imine (C=N–C) groups is 1. The van der Waals surface area contributed by atoms with E-state index in [1.54, 1.807) is 11.2 Å². The lowest BCUT2D eigenvalue weighted by atomic mass is 10.3. The molecule has 0 atom stereocenters. The van der Waals surface area contributed by atoms with Gasteiger partial charge in [0.1, 0.15) is 5.76 Å². The Morgan fingerprint density at radius 1 is 1.20 bits per heavy atom. The van der Waals surface area contributed by atoms with Gasteiger partial charge in [-0.3, -0.25) is 14.7 Å². The molecule has 0 radical (unpaired) electrons. The van der Waals surface area contributed by atoms with Gasteiger partial charge in [0.05, 0.1) is 19.4 Å². The molecule has 5 nitrogen and oxygen atoms in total. The first-order valence-electron chi connectivity index (χ1n) is 6.52. The molecule has 0 unspecified atom stereocenters. The molecule has 0 saturated heterocycles. The summed E-state index contributed by atoms with van der Waals surface area (Å²) in [5.41, 5.74) is 0.908. The first kappa shape index (κ1) is 12.5. The Labute approximate surface area is 116 Å². The Morgan fingerprint density at radius 3 is 2.80 bits per heavy atom. The van der Waals surface area contributed by atoms with E-state index in [-0.39, 0.29) is 5.91 Å². The summed E-state index contributed by atoms with van der Waals surface area (Å²) < 4.78 is 5.31. The monoisotopic (exact) mass is 269 g/mol. The second kappa shape index (κ2) is 5.61. The van der Waals surface area contributed by atoms with Crippen LogP contribution in [0.15, 0.2) is 58.1 Å². The maximum atomic E-state index is 12.1. The average Bonchev–Trinajstić information content (AvgIpc) is 2.97. The van der Waals surface area contributed by atoms with E-state index in [1.165, 1.54) is 0 Å². The number of nitrogens with zero attached hydrogens (tertiary/aromatic N) is 2. The lowest BCUT2D eigenvalue weighted by Crippen LogP contribution is -2.43. The molecular formula is C15H15N3O2. The van der Waals surface area contributed by atoms with Crippen LogP contribution < -0.4 is 5.32 Å². The molecule has 2 aromatic rings. The topological polar surface area (TPSA) is 57.8 Å². The van der Waals surface area contributed by atoms with Crippen molar-refractivity contribution in [2.75, 3.05) is 11.9 Å². The number of hydrogen-bond donors (Lipinski definition) is 1. The molecule has 0 fully saturated rings. The van der Waals surface area contributed by atoms with Crippen LogP contribution in [0, 0.1) is 0 Å². The van der Waals surface area contributed by atoms with E-state index in [9.17, 15) is 4.79 Å².